The number of rotatable bonds is 2. The fourth-order valence-corrected chi connectivity index (χ4v) is 3.78. The van der Waals surface area contributed by atoms with Crippen molar-refractivity contribution in [3.05, 3.63) is 69.8 Å². The van der Waals surface area contributed by atoms with E-state index in [1.165, 1.54) is 6.20 Å². The van der Waals surface area contributed by atoms with Gasteiger partial charge in [-0.3, -0.25) is 14.0 Å². The van der Waals surface area contributed by atoms with Crippen molar-refractivity contribution in [3.63, 3.8) is 0 Å². The Kier molecular flexibility index (Phi) is 5.01. The van der Waals surface area contributed by atoms with Gasteiger partial charge < -0.3 is 4.90 Å². The van der Waals surface area contributed by atoms with Crippen LogP contribution in [-0.2, 0) is 6.18 Å². The average molecular weight is 426 g/mol. The summed E-state index contributed by atoms with van der Waals surface area (Å²) >= 11 is 0. The molecule has 0 saturated carbocycles. The Morgan fingerprint density at radius 1 is 1.23 bits per heavy atom. The third-order valence-corrected chi connectivity index (χ3v) is 5.45. The number of pyridine rings is 1. The molecule has 1 aromatic carbocycles. The van der Waals surface area contributed by atoms with Crippen LogP contribution in [0.5, 0.6) is 0 Å². The van der Waals surface area contributed by atoms with E-state index < -0.39 is 23.0 Å². The van der Waals surface area contributed by atoms with Crippen LogP contribution in [0.3, 0.4) is 0 Å². The molecule has 9 heteroatoms. The summed E-state index contributed by atoms with van der Waals surface area (Å²) < 4.78 is 41.2. The second-order valence-electron chi connectivity index (χ2n) is 7.45. The number of alkyl halides is 3. The SMILES string of the molecule is Cc1c(C(F)(F)F)nc2c(-c3ccc(C(=O)N4CCC(C#N)C4)cc3)cccn2c1=O. The van der Waals surface area contributed by atoms with Gasteiger partial charge in [0.1, 0.15) is 5.65 Å². The van der Waals surface area contributed by atoms with Crippen LogP contribution in [0.1, 0.15) is 28.0 Å². The second-order valence-corrected chi connectivity index (χ2v) is 7.45. The summed E-state index contributed by atoms with van der Waals surface area (Å²) in [5.74, 6) is -0.374. The summed E-state index contributed by atoms with van der Waals surface area (Å²) in [6.45, 7) is 1.99. The molecule has 0 spiro atoms. The minimum atomic E-state index is -4.75. The maximum atomic E-state index is 13.4. The van der Waals surface area contributed by atoms with E-state index in [1.54, 1.807) is 41.3 Å². The second kappa shape index (κ2) is 7.54. The van der Waals surface area contributed by atoms with Crippen LogP contribution in [0.2, 0.25) is 0 Å². The molecule has 0 radical (unpaired) electrons. The van der Waals surface area contributed by atoms with E-state index in [1.807, 2.05) is 0 Å². The van der Waals surface area contributed by atoms with Gasteiger partial charge in [-0.2, -0.15) is 18.4 Å². The van der Waals surface area contributed by atoms with Gasteiger partial charge in [0, 0.05) is 36.0 Å². The van der Waals surface area contributed by atoms with Crippen molar-refractivity contribution in [2.24, 2.45) is 5.92 Å². The van der Waals surface area contributed by atoms with E-state index in [-0.39, 0.29) is 17.5 Å². The van der Waals surface area contributed by atoms with Crippen molar-refractivity contribution in [1.82, 2.24) is 14.3 Å². The number of carbonyl (C=O) groups excluding carboxylic acids is 1. The Labute approximate surface area is 175 Å². The largest absolute Gasteiger partial charge is 0.433 e. The Morgan fingerprint density at radius 3 is 2.55 bits per heavy atom. The lowest BCUT2D eigenvalue weighted by atomic mass is 10.0. The highest BCUT2D eigenvalue weighted by Crippen LogP contribution is 2.31. The number of hydrogen-bond acceptors (Lipinski definition) is 4. The van der Waals surface area contributed by atoms with Gasteiger partial charge in [0.25, 0.3) is 11.5 Å². The van der Waals surface area contributed by atoms with Crippen LogP contribution >= 0.6 is 0 Å². The molecule has 0 bridgehead atoms. The maximum Gasteiger partial charge on any atom is 0.433 e. The molecule has 4 rings (SSSR count). The quantitative estimate of drug-likeness (QED) is 0.626. The monoisotopic (exact) mass is 426 g/mol. The number of hydrogen-bond donors (Lipinski definition) is 0. The Morgan fingerprint density at radius 2 is 1.94 bits per heavy atom. The minimum absolute atomic E-state index is 0.110. The molecule has 1 atom stereocenters. The average Bonchev–Trinajstić information content (AvgIpc) is 3.24. The molecule has 31 heavy (non-hydrogen) atoms. The van der Waals surface area contributed by atoms with Crippen molar-refractivity contribution in [2.75, 3.05) is 13.1 Å². The molecule has 2 aromatic heterocycles. The number of likely N-dealkylation sites (tertiary alicyclic amines) is 1. The highest BCUT2D eigenvalue weighted by atomic mass is 19.4. The molecular weight excluding hydrogens is 409 g/mol. The van der Waals surface area contributed by atoms with E-state index in [4.69, 9.17) is 5.26 Å². The zero-order chi connectivity index (χ0) is 22.3. The van der Waals surface area contributed by atoms with E-state index in [0.717, 1.165) is 11.3 Å². The van der Waals surface area contributed by atoms with Crippen LogP contribution in [0.15, 0.2) is 47.4 Å². The van der Waals surface area contributed by atoms with Gasteiger partial charge in [-0.15, -0.1) is 0 Å². The van der Waals surface area contributed by atoms with Crippen molar-refractivity contribution in [1.29, 1.82) is 5.26 Å². The lowest BCUT2D eigenvalue weighted by Crippen LogP contribution is -2.28. The van der Waals surface area contributed by atoms with Crippen LogP contribution < -0.4 is 5.56 Å². The van der Waals surface area contributed by atoms with E-state index in [9.17, 15) is 22.8 Å². The molecular formula is C22H17F3N4O2. The normalized spacial score (nSPS) is 16.5. The Balaban J connectivity index is 1.74. The van der Waals surface area contributed by atoms with Crippen molar-refractivity contribution < 1.29 is 18.0 Å². The molecule has 1 saturated heterocycles. The smallest absolute Gasteiger partial charge is 0.337 e. The molecule has 0 N–H and O–H groups in total. The minimum Gasteiger partial charge on any atom is -0.337 e. The molecule has 0 aliphatic carbocycles. The lowest BCUT2D eigenvalue weighted by Gasteiger charge is -2.16. The standard InChI is InChI=1S/C22H17F3N4O2/c1-13-18(22(23,24)25)27-19-17(3-2-9-29(19)20(13)30)15-4-6-16(7-5-15)21(31)28-10-8-14(11-26)12-28/h2-7,9,14H,8,10,12H2,1H3. The molecule has 3 heterocycles. The number of aromatic nitrogens is 2. The zero-order valence-corrected chi connectivity index (χ0v) is 16.5. The molecule has 6 nitrogen and oxygen atoms in total. The number of halogens is 3. The molecule has 1 unspecified atom stereocenters. The predicted octanol–water partition coefficient (Wildman–Crippen LogP) is 3.67. The zero-order valence-electron chi connectivity index (χ0n) is 16.5. The highest BCUT2D eigenvalue weighted by Gasteiger charge is 2.36. The third-order valence-electron chi connectivity index (χ3n) is 5.45. The summed E-state index contributed by atoms with van der Waals surface area (Å²) in [6, 6.07) is 11.7. The number of nitriles is 1. The van der Waals surface area contributed by atoms with Crippen LogP contribution in [-0.4, -0.2) is 33.3 Å². The third kappa shape index (κ3) is 3.65. The van der Waals surface area contributed by atoms with Crippen molar-refractivity contribution in [3.8, 4) is 17.2 Å². The highest BCUT2D eigenvalue weighted by molar-refractivity contribution is 5.95. The van der Waals surface area contributed by atoms with Gasteiger partial charge in [-0.1, -0.05) is 12.1 Å². The summed E-state index contributed by atoms with van der Waals surface area (Å²) in [5, 5.41) is 9.00. The van der Waals surface area contributed by atoms with Crippen LogP contribution in [0.25, 0.3) is 16.8 Å². The summed E-state index contributed by atoms with van der Waals surface area (Å²) in [5.41, 5.74) is -1.29. The number of nitrogens with zero attached hydrogens (tertiary/aromatic N) is 4. The number of amides is 1. The maximum absolute atomic E-state index is 13.4. The van der Waals surface area contributed by atoms with E-state index in [2.05, 4.69) is 11.1 Å². The number of benzene rings is 1. The van der Waals surface area contributed by atoms with Gasteiger partial charge in [0.15, 0.2) is 5.69 Å². The van der Waals surface area contributed by atoms with E-state index >= 15 is 0 Å². The van der Waals surface area contributed by atoms with Crippen LogP contribution in [0.4, 0.5) is 13.2 Å². The van der Waals surface area contributed by atoms with Crippen molar-refractivity contribution >= 4 is 11.6 Å². The molecule has 1 amide bonds. The first kappa shape index (κ1) is 20.6. The first-order valence-electron chi connectivity index (χ1n) is 9.59. The molecule has 158 valence electrons. The summed E-state index contributed by atoms with van der Waals surface area (Å²) in [7, 11) is 0. The molecule has 1 aliphatic rings. The van der Waals surface area contributed by atoms with Gasteiger partial charge in [0.05, 0.1) is 12.0 Å². The van der Waals surface area contributed by atoms with Gasteiger partial charge in [-0.05, 0) is 43.2 Å². The topological polar surface area (TPSA) is 78.5 Å². The molecule has 1 aliphatic heterocycles. The van der Waals surface area contributed by atoms with E-state index in [0.29, 0.717) is 36.2 Å². The predicted molar refractivity (Wildman–Crippen MR) is 106 cm³/mol. The fraction of sp³-hybridized carbons (Fsp3) is 0.273. The Hall–Kier alpha value is -3.67. The van der Waals surface area contributed by atoms with Gasteiger partial charge in [0.2, 0.25) is 0 Å². The molecule has 3 aromatic rings. The lowest BCUT2D eigenvalue weighted by molar-refractivity contribution is -0.141. The van der Waals surface area contributed by atoms with Gasteiger partial charge >= 0.3 is 6.18 Å². The number of carbonyl (C=O) groups is 1. The number of fused-ring (bicyclic) bond motifs is 1. The Bertz CT molecular complexity index is 1270. The summed E-state index contributed by atoms with van der Waals surface area (Å²) in [6.07, 6.45) is -2.74. The first-order valence-corrected chi connectivity index (χ1v) is 9.59. The fourth-order valence-electron chi connectivity index (χ4n) is 3.78. The summed E-state index contributed by atoms with van der Waals surface area (Å²) in [4.78, 5) is 30.5. The molecule has 1 fully saturated rings. The van der Waals surface area contributed by atoms with Gasteiger partial charge in [-0.25, -0.2) is 4.98 Å². The first-order chi connectivity index (χ1) is 14.7. The van der Waals surface area contributed by atoms with Crippen LogP contribution in [0, 0.1) is 24.2 Å². The van der Waals surface area contributed by atoms with Crippen molar-refractivity contribution in [2.45, 2.75) is 19.5 Å².